The lowest BCUT2D eigenvalue weighted by Gasteiger charge is -2.24. The van der Waals surface area contributed by atoms with Crippen LogP contribution < -0.4 is 11.1 Å². The Labute approximate surface area is 163 Å². The third kappa shape index (κ3) is 10.6. The van der Waals surface area contributed by atoms with E-state index in [1.54, 1.807) is 12.0 Å². The number of ether oxygens (including phenoxy) is 3. The molecule has 3 N–H and O–H groups in total. The van der Waals surface area contributed by atoms with Crippen molar-refractivity contribution in [1.82, 2.24) is 10.2 Å². The molecule has 1 rings (SSSR count). The fourth-order valence-corrected chi connectivity index (χ4v) is 3.07. The zero-order valence-electron chi connectivity index (χ0n) is 16.7. The number of methoxy groups -OCH3 is 1. The fourth-order valence-electron chi connectivity index (χ4n) is 3.07. The lowest BCUT2D eigenvalue weighted by atomic mass is 10.1. The summed E-state index contributed by atoms with van der Waals surface area (Å²) in [6, 6.07) is -0.365. The van der Waals surface area contributed by atoms with Crippen LogP contribution in [0.3, 0.4) is 0 Å². The first-order chi connectivity index (χ1) is 13.2. The second kappa shape index (κ2) is 15.8. The molecular weight excluding hydrogens is 350 g/mol. The molecular formula is C19H37N3O5. The van der Waals surface area contributed by atoms with Crippen molar-refractivity contribution < 1.29 is 23.8 Å². The van der Waals surface area contributed by atoms with E-state index in [1.807, 2.05) is 0 Å². The van der Waals surface area contributed by atoms with Crippen LogP contribution in [0.25, 0.3) is 0 Å². The van der Waals surface area contributed by atoms with Crippen LogP contribution in [0.2, 0.25) is 0 Å². The number of amides is 2. The highest BCUT2D eigenvalue weighted by Crippen LogP contribution is 2.17. The molecule has 0 aromatic rings. The molecule has 8 heteroatoms. The largest absolute Gasteiger partial charge is 0.382 e. The van der Waals surface area contributed by atoms with Crippen molar-refractivity contribution in [2.45, 2.75) is 51.0 Å². The standard InChI is InChI=1S/C19H37N3O5/c1-25-12-13-26-14-15-27-16-18(23)22-11-7-8-17(22)19(24)21-10-6-4-2-3-5-9-20/h17H,2-16,20H2,1H3,(H,21,24). The first-order valence-corrected chi connectivity index (χ1v) is 10.1. The summed E-state index contributed by atoms with van der Waals surface area (Å²) >= 11 is 0. The monoisotopic (exact) mass is 387 g/mol. The van der Waals surface area contributed by atoms with E-state index >= 15 is 0 Å². The van der Waals surface area contributed by atoms with Crippen molar-refractivity contribution in [1.29, 1.82) is 0 Å². The van der Waals surface area contributed by atoms with E-state index in [-0.39, 0.29) is 24.5 Å². The first kappa shape index (κ1) is 23.8. The lowest BCUT2D eigenvalue weighted by molar-refractivity contribution is -0.142. The number of nitrogens with zero attached hydrogens (tertiary/aromatic N) is 1. The predicted octanol–water partition coefficient (Wildman–Crippen LogP) is 0.682. The number of unbranched alkanes of at least 4 members (excludes halogenated alkanes) is 4. The van der Waals surface area contributed by atoms with Gasteiger partial charge in [-0.25, -0.2) is 0 Å². The molecule has 0 aliphatic carbocycles. The topological polar surface area (TPSA) is 103 Å². The van der Waals surface area contributed by atoms with Crippen molar-refractivity contribution in [2.75, 3.05) is 59.8 Å². The minimum Gasteiger partial charge on any atom is -0.382 e. The van der Waals surface area contributed by atoms with Crippen molar-refractivity contribution in [3.63, 3.8) is 0 Å². The van der Waals surface area contributed by atoms with Gasteiger partial charge in [0.2, 0.25) is 11.8 Å². The molecule has 2 amide bonds. The maximum absolute atomic E-state index is 12.4. The van der Waals surface area contributed by atoms with E-state index in [1.165, 1.54) is 0 Å². The molecule has 1 saturated heterocycles. The average molecular weight is 388 g/mol. The second-order valence-corrected chi connectivity index (χ2v) is 6.75. The minimum atomic E-state index is -0.365. The zero-order valence-corrected chi connectivity index (χ0v) is 16.7. The van der Waals surface area contributed by atoms with E-state index in [0.29, 0.717) is 45.9 Å². The summed E-state index contributed by atoms with van der Waals surface area (Å²) in [5, 5.41) is 2.97. The Morgan fingerprint density at radius 2 is 1.74 bits per heavy atom. The minimum absolute atomic E-state index is 0.0153. The van der Waals surface area contributed by atoms with Gasteiger partial charge >= 0.3 is 0 Å². The van der Waals surface area contributed by atoms with Gasteiger partial charge in [-0.05, 0) is 32.2 Å². The molecule has 1 aliphatic rings. The number of hydrogen-bond donors (Lipinski definition) is 2. The molecule has 8 nitrogen and oxygen atoms in total. The maximum Gasteiger partial charge on any atom is 0.249 e. The summed E-state index contributed by atoms with van der Waals surface area (Å²) in [5.74, 6) is -0.183. The summed E-state index contributed by atoms with van der Waals surface area (Å²) in [6.45, 7) is 3.83. The van der Waals surface area contributed by atoms with Crippen LogP contribution in [-0.4, -0.2) is 82.5 Å². The Balaban J connectivity index is 2.15. The Morgan fingerprint density at radius 3 is 2.52 bits per heavy atom. The van der Waals surface area contributed by atoms with Crippen LogP contribution in [0.5, 0.6) is 0 Å². The molecule has 0 aromatic carbocycles. The van der Waals surface area contributed by atoms with Crippen LogP contribution in [-0.2, 0) is 23.8 Å². The van der Waals surface area contributed by atoms with Crippen molar-refractivity contribution >= 4 is 11.8 Å². The summed E-state index contributed by atoms with van der Waals surface area (Å²) in [5.41, 5.74) is 5.47. The van der Waals surface area contributed by atoms with Crippen molar-refractivity contribution in [2.24, 2.45) is 5.73 Å². The average Bonchev–Trinajstić information content (AvgIpc) is 3.16. The molecule has 0 bridgehead atoms. The molecule has 0 aromatic heterocycles. The number of carbonyl (C=O) groups excluding carboxylic acids is 2. The normalized spacial score (nSPS) is 16.7. The number of hydrogen-bond acceptors (Lipinski definition) is 6. The molecule has 27 heavy (non-hydrogen) atoms. The highest BCUT2D eigenvalue weighted by atomic mass is 16.5. The Bertz CT molecular complexity index is 373. The number of rotatable bonds is 16. The van der Waals surface area contributed by atoms with Gasteiger partial charge in [-0.1, -0.05) is 19.3 Å². The van der Waals surface area contributed by atoms with Gasteiger partial charge in [0.25, 0.3) is 0 Å². The molecule has 0 saturated carbocycles. The molecule has 1 aliphatic heterocycles. The summed E-state index contributed by atoms with van der Waals surface area (Å²) < 4.78 is 15.5. The molecule has 1 unspecified atom stereocenters. The zero-order chi connectivity index (χ0) is 19.7. The summed E-state index contributed by atoms with van der Waals surface area (Å²) in [7, 11) is 1.62. The molecule has 1 heterocycles. The number of nitrogens with two attached hydrogens (primary N) is 1. The Kier molecular flexibility index (Phi) is 13.9. The summed E-state index contributed by atoms with van der Waals surface area (Å²) in [4.78, 5) is 26.3. The van der Waals surface area contributed by atoms with Crippen LogP contribution in [0.4, 0.5) is 0 Å². The molecule has 1 fully saturated rings. The number of likely N-dealkylation sites (tertiary alicyclic amines) is 1. The molecule has 0 radical (unpaired) electrons. The van der Waals surface area contributed by atoms with Gasteiger partial charge in [-0.2, -0.15) is 0 Å². The maximum atomic E-state index is 12.4. The predicted molar refractivity (Wildman–Crippen MR) is 103 cm³/mol. The van der Waals surface area contributed by atoms with Crippen LogP contribution in [0, 0.1) is 0 Å². The third-order valence-corrected chi connectivity index (χ3v) is 4.59. The number of carbonyl (C=O) groups is 2. The van der Waals surface area contributed by atoms with Gasteiger partial charge in [0.1, 0.15) is 12.6 Å². The highest BCUT2D eigenvalue weighted by molar-refractivity contribution is 5.88. The van der Waals surface area contributed by atoms with Crippen LogP contribution in [0.1, 0.15) is 44.9 Å². The highest BCUT2D eigenvalue weighted by Gasteiger charge is 2.33. The van der Waals surface area contributed by atoms with Gasteiger partial charge in [0.15, 0.2) is 0 Å². The van der Waals surface area contributed by atoms with Crippen LogP contribution in [0.15, 0.2) is 0 Å². The van der Waals surface area contributed by atoms with Gasteiger partial charge in [-0.3, -0.25) is 9.59 Å². The molecule has 1 atom stereocenters. The number of nitrogens with one attached hydrogen (secondary N) is 1. The van der Waals surface area contributed by atoms with Crippen molar-refractivity contribution in [3.05, 3.63) is 0 Å². The van der Waals surface area contributed by atoms with E-state index in [4.69, 9.17) is 19.9 Å². The molecule has 158 valence electrons. The quantitative estimate of drug-likeness (QED) is 0.378. The van der Waals surface area contributed by atoms with Gasteiger partial charge < -0.3 is 30.2 Å². The SMILES string of the molecule is COCCOCCOCC(=O)N1CCCC1C(=O)NCCCCCCCN. The van der Waals surface area contributed by atoms with E-state index in [2.05, 4.69) is 5.32 Å². The van der Waals surface area contributed by atoms with E-state index in [9.17, 15) is 9.59 Å². The third-order valence-electron chi connectivity index (χ3n) is 4.59. The van der Waals surface area contributed by atoms with Gasteiger partial charge in [-0.15, -0.1) is 0 Å². The van der Waals surface area contributed by atoms with E-state index < -0.39 is 0 Å². The van der Waals surface area contributed by atoms with E-state index in [0.717, 1.165) is 45.1 Å². The first-order valence-electron chi connectivity index (χ1n) is 10.1. The van der Waals surface area contributed by atoms with Crippen molar-refractivity contribution in [3.8, 4) is 0 Å². The Morgan fingerprint density at radius 1 is 1.04 bits per heavy atom. The van der Waals surface area contributed by atoms with Gasteiger partial charge in [0.05, 0.1) is 26.4 Å². The van der Waals surface area contributed by atoms with Crippen LogP contribution >= 0.6 is 0 Å². The van der Waals surface area contributed by atoms with Gasteiger partial charge in [0, 0.05) is 20.2 Å². The molecule has 0 spiro atoms. The lowest BCUT2D eigenvalue weighted by Crippen LogP contribution is -2.47. The Hall–Kier alpha value is -1.22. The smallest absolute Gasteiger partial charge is 0.249 e. The fraction of sp³-hybridized carbons (Fsp3) is 0.895. The summed E-state index contributed by atoms with van der Waals surface area (Å²) in [6.07, 6.45) is 6.97. The second-order valence-electron chi connectivity index (χ2n) is 6.75.